The van der Waals surface area contributed by atoms with E-state index in [1.165, 1.54) is 11.1 Å². The van der Waals surface area contributed by atoms with Crippen LogP contribution in [0.1, 0.15) is 24.0 Å². The van der Waals surface area contributed by atoms with Crippen molar-refractivity contribution in [1.82, 2.24) is 24.8 Å². The van der Waals surface area contributed by atoms with Crippen LogP contribution in [0.5, 0.6) is 5.75 Å². The number of hydrogen-bond donors (Lipinski definition) is 2. The van der Waals surface area contributed by atoms with Gasteiger partial charge in [0.1, 0.15) is 5.75 Å². The first-order valence-corrected chi connectivity index (χ1v) is 12.3. The number of aromatic nitrogens is 3. The fraction of sp³-hybridized carbons (Fsp3) is 0.296. The molecule has 36 heavy (non-hydrogen) atoms. The van der Waals surface area contributed by atoms with E-state index in [1.54, 1.807) is 36.7 Å². The van der Waals surface area contributed by atoms with Crippen LogP contribution < -0.4 is 15.4 Å². The quantitative estimate of drug-likeness (QED) is 0.359. The molecule has 5 rings (SSSR count). The van der Waals surface area contributed by atoms with E-state index in [1.807, 2.05) is 30.5 Å². The number of ether oxygens (including phenoxy) is 1. The monoisotopic (exact) mass is 504 g/mol. The summed E-state index contributed by atoms with van der Waals surface area (Å²) in [4.78, 5) is 18.4. The minimum Gasteiger partial charge on any atom is -0.496 e. The third-order valence-corrected chi connectivity index (χ3v) is 6.77. The molecule has 1 atom stereocenters. The van der Waals surface area contributed by atoms with Crippen LogP contribution in [0.15, 0.2) is 54.7 Å². The zero-order valence-corrected chi connectivity index (χ0v) is 21.3. The summed E-state index contributed by atoms with van der Waals surface area (Å²) in [6.45, 7) is 0. The molecule has 2 N–H and O–H groups in total. The molecule has 4 aromatic rings. The maximum Gasteiger partial charge on any atom is 0.317 e. The highest BCUT2D eigenvalue weighted by atomic mass is 35.5. The molecule has 0 saturated carbocycles. The first-order valence-electron chi connectivity index (χ1n) is 12.0. The molecule has 2 aromatic heterocycles. The molecule has 2 amide bonds. The molecule has 0 fully saturated rings. The predicted molar refractivity (Wildman–Crippen MR) is 142 cm³/mol. The molecule has 0 radical (unpaired) electrons. The van der Waals surface area contributed by atoms with Crippen LogP contribution >= 0.6 is 11.6 Å². The molecule has 1 aliphatic carbocycles. The summed E-state index contributed by atoms with van der Waals surface area (Å²) in [7, 11) is 5.16. The minimum absolute atomic E-state index is 0.0400. The average molecular weight is 505 g/mol. The third kappa shape index (κ3) is 4.95. The Morgan fingerprint density at radius 1 is 1.08 bits per heavy atom. The van der Waals surface area contributed by atoms with E-state index in [0.29, 0.717) is 16.7 Å². The molecule has 1 aliphatic rings. The second-order valence-corrected chi connectivity index (χ2v) is 9.63. The van der Waals surface area contributed by atoms with Crippen molar-refractivity contribution in [2.45, 2.75) is 31.7 Å². The summed E-state index contributed by atoms with van der Waals surface area (Å²) >= 11 is 6.16. The second kappa shape index (κ2) is 10.1. The summed E-state index contributed by atoms with van der Waals surface area (Å²) in [6, 6.07) is 16.0. The number of urea groups is 1. The van der Waals surface area contributed by atoms with Crippen LogP contribution in [0, 0.1) is 0 Å². The van der Waals surface area contributed by atoms with Crippen LogP contribution in [0.4, 0.5) is 16.4 Å². The van der Waals surface area contributed by atoms with Gasteiger partial charge in [0, 0.05) is 48.2 Å². The van der Waals surface area contributed by atoms with E-state index in [2.05, 4.69) is 33.9 Å². The van der Waals surface area contributed by atoms with Crippen LogP contribution in [-0.2, 0) is 12.8 Å². The van der Waals surface area contributed by atoms with Gasteiger partial charge in [-0.3, -0.25) is 0 Å². The fourth-order valence-corrected chi connectivity index (χ4v) is 4.78. The molecule has 0 aliphatic heterocycles. The lowest BCUT2D eigenvalue weighted by atomic mass is 10.0. The van der Waals surface area contributed by atoms with E-state index < -0.39 is 0 Å². The lowest BCUT2D eigenvalue weighted by molar-refractivity contribution is 0.211. The van der Waals surface area contributed by atoms with Gasteiger partial charge in [0.05, 0.1) is 7.11 Å². The summed E-state index contributed by atoms with van der Waals surface area (Å²) in [5, 5.41) is 11.7. The van der Waals surface area contributed by atoms with Gasteiger partial charge >= 0.3 is 6.03 Å². The number of nitrogens with zero attached hydrogens (tertiary/aromatic N) is 4. The number of aryl methyl sites for hydroxylation is 2. The zero-order valence-electron chi connectivity index (χ0n) is 20.6. The van der Waals surface area contributed by atoms with Crippen molar-refractivity contribution in [3.05, 3.63) is 70.9 Å². The second-order valence-electron chi connectivity index (χ2n) is 9.20. The van der Waals surface area contributed by atoms with Crippen LogP contribution in [-0.4, -0.2) is 52.8 Å². The molecular weight excluding hydrogens is 476 g/mol. The Balaban J connectivity index is 1.37. The predicted octanol–water partition coefficient (Wildman–Crippen LogP) is 5.32. The van der Waals surface area contributed by atoms with Gasteiger partial charge in [0.25, 0.3) is 0 Å². The Hall–Kier alpha value is -3.78. The number of carbonyl (C=O) groups excluding carboxylic acids is 1. The highest BCUT2D eigenvalue weighted by Gasteiger charge is 2.19. The lowest BCUT2D eigenvalue weighted by Crippen LogP contribution is -2.41. The number of methoxy groups -OCH3 is 1. The fourth-order valence-electron chi connectivity index (χ4n) is 4.62. The van der Waals surface area contributed by atoms with Gasteiger partial charge in [-0.1, -0.05) is 17.7 Å². The van der Waals surface area contributed by atoms with Crippen LogP contribution in [0.3, 0.4) is 0 Å². The minimum atomic E-state index is -0.0400. The number of benzene rings is 2. The van der Waals surface area contributed by atoms with E-state index in [4.69, 9.17) is 21.3 Å². The summed E-state index contributed by atoms with van der Waals surface area (Å²) in [5.41, 5.74) is 6.06. The SMILES string of the molecule is COc1cc(Cl)ccc1-c1cccn2nc(Nc3ccc4c(c3)CCC(NC(=O)N(C)C)CC4)nc12. The number of carbonyl (C=O) groups is 1. The van der Waals surface area contributed by atoms with E-state index >= 15 is 0 Å². The molecule has 9 heteroatoms. The van der Waals surface area contributed by atoms with Crippen molar-refractivity contribution in [3.63, 3.8) is 0 Å². The average Bonchev–Trinajstić information content (AvgIpc) is 3.18. The Bertz CT molecular complexity index is 1420. The molecule has 1 unspecified atom stereocenters. The highest BCUT2D eigenvalue weighted by molar-refractivity contribution is 6.30. The summed E-state index contributed by atoms with van der Waals surface area (Å²) in [5.74, 6) is 1.19. The molecule has 0 spiro atoms. The molecule has 186 valence electrons. The number of halogens is 1. The molecule has 2 aromatic carbocycles. The van der Waals surface area contributed by atoms with E-state index in [0.717, 1.165) is 48.1 Å². The largest absolute Gasteiger partial charge is 0.496 e. The van der Waals surface area contributed by atoms with E-state index in [-0.39, 0.29) is 12.1 Å². The first-order chi connectivity index (χ1) is 17.4. The Labute approximate surface area is 215 Å². The summed E-state index contributed by atoms with van der Waals surface area (Å²) in [6.07, 6.45) is 5.56. The number of fused-ring (bicyclic) bond motifs is 2. The number of pyridine rings is 1. The standard InChI is InChI=1S/C27H29ClN6O2/c1-33(2)27(35)30-20-10-6-17-7-12-21(15-18(17)8-11-20)29-26-31-25-23(5-4-14-34(25)32-26)22-13-9-19(28)16-24(22)36-3/h4-5,7,9,12-16,20H,6,8,10-11H2,1-3H3,(H,29,32)(H,30,35). The topological polar surface area (TPSA) is 83.8 Å². The van der Waals surface area contributed by atoms with Gasteiger partial charge in [0.2, 0.25) is 5.95 Å². The maximum absolute atomic E-state index is 12.1. The lowest BCUT2D eigenvalue weighted by Gasteiger charge is -2.19. The Kier molecular flexibility index (Phi) is 6.69. The smallest absolute Gasteiger partial charge is 0.317 e. The van der Waals surface area contributed by atoms with Crippen LogP contribution in [0.2, 0.25) is 5.02 Å². The van der Waals surface area contributed by atoms with Gasteiger partial charge < -0.3 is 20.3 Å². The maximum atomic E-state index is 12.1. The van der Waals surface area contributed by atoms with Crippen molar-refractivity contribution in [2.75, 3.05) is 26.5 Å². The highest BCUT2D eigenvalue weighted by Crippen LogP contribution is 2.35. The van der Waals surface area contributed by atoms with Gasteiger partial charge in [-0.15, -0.1) is 5.10 Å². The number of hydrogen-bond acceptors (Lipinski definition) is 5. The number of amides is 2. The van der Waals surface area contributed by atoms with Crippen molar-refractivity contribution in [2.24, 2.45) is 0 Å². The first kappa shape index (κ1) is 23.9. The van der Waals surface area contributed by atoms with E-state index in [9.17, 15) is 4.79 Å². The normalized spacial score (nSPS) is 15.2. The van der Waals surface area contributed by atoms with Crippen molar-refractivity contribution in [3.8, 4) is 16.9 Å². The van der Waals surface area contributed by atoms with Gasteiger partial charge in [-0.25, -0.2) is 9.31 Å². The van der Waals surface area contributed by atoms with Crippen molar-refractivity contribution >= 4 is 34.9 Å². The molecule has 2 heterocycles. The third-order valence-electron chi connectivity index (χ3n) is 6.54. The number of rotatable bonds is 5. The summed E-state index contributed by atoms with van der Waals surface area (Å²) < 4.78 is 7.31. The molecular formula is C27H29ClN6O2. The van der Waals surface area contributed by atoms with Gasteiger partial charge in [-0.2, -0.15) is 4.98 Å². The Morgan fingerprint density at radius 3 is 2.67 bits per heavy atom. The number of nitrogens with one attached hydrogen (secondary N) is 2. The molecule has 0 saturated heterocycles. The van der Waals surface area contributed by atoms with Crippen molar-refractivity contribution < 1.29 is 9.53 Å². The number of anilines is 2. The molecule has 0 bridgehead atoms. The zero-order chi connectivity index (χ0) is 25.2. The van der Waals surface area contributed by atoms with Crippen LogP contribution in [0.25, 0.3) is 16.8 Å². The Morgan fingerprint density at radius 2 is 1.89 bits per heavy atom. The van der Waals surface area contributed by atoms with Gasteiger partial charge in [-0.05, 0) is 79.3 Å². The van der Waals surface area contributed by atoms with Gasteiger partial charge in [0.15, 0.2) is 5.65 Å². The van der Waals surface area contributed by atoms with Crippen molar-refractivity contribution in [1.29, 1.82) is 0 Å². The molecule has 8 nitrogen and oxygen atoms in total.